The molecule has 5 rings (SSSR count). The van der Waals surface area contributed by atoms with Crippen LogP contribution in [0.15, 0.2) is 69.9 Å². The van der Waals surface area contributed by atoms with Gasteiger partial charge in [-0.25, -0.2) is 4.68 Å². The second kappa shape index (κ2) is 9.79. The van der Waals surface area contributed by atoms with E-state index in [1.165, 1.54) is 21.4 Å². The first-order chi connectivity index (χ1) is 17.3. The third kappa shape index (κ3) is 4.24. The highest BCUT2D eigenvalue weighted by Gasteiger charge is 2.25. The third-order valence-electron chi connectivity index (χ3n) is 6.75. The summed E-state index contributed by atoms with van der Waals surface area (Å²) in [6.07, 6.45) is 0.703. The molecular weight excluding hydrogens is 532 g/mol. The Bertz CT molecular complexity index is 1560. The van der Waals surface area contributed by atoms with Gasteiger partial charge in [0.05, 0.1) is 21.5 Å². The lowest BCUT2D eigenvalue weighted by molar-refractivity contribution is 0.575. The molecule has 5 aromatic rings. The summed E-state index contributed by atoms with van der Waals surface area (Å²) in [6.45, 7) is 8.46. The Kier molecular flexibility index (Phi) is 6.70. The van der Waals surface area contributed by atoms with Crippen LogP contribution in [0.3, 0.4) is 0 Å². The van der Waals surface area contributed by atoms with Crippen molar-refractivity contribution in [1.29, 1.82) is 0 Å². The summed E-state index contributed by atoms with van der Waals surface area (Å²) < 4.78 is 5.46. The van der Waals surface area contributed by atoms with Gasteiger partial charge in [0.2, 0.25) is 0 Å². The number of aromatic nitrogens is 4. The molecule has 0 aliphatic heterocycles. The summed E-state index contributed by atoms with van der Waals surface area (Å²) in [6, 6.07) is 21.0. The predicted octanol–water partition coefficient (Wildman–Crippen LogP) is 6.92. The van der Waals surface area contributed by atoms with Crippen LogP contribution in [0, 0.1) is 13.8 Å². The van der Waals surface area contributed by atoms with E-state index in [0.29, 0.717) is 6.42 Å². The number of nitrogens with zero attached hydrogens (tertiary/aromatic N) is 4. The second-order valence-corrected chi connectivity index (χ2v) is 11.4. The number of thiophene rings is 1. The van der Waals surface area contributed by atoms with Crippen molar-refractivity contribution in [2.24, 2.45) is 7.05 Å². The van der Waals surface area contributed by atoms with E-state index in [4.69, 9.17) is 5.10 Å². The van der Waals surface area contributed by atoms with Gasteiger partial charge in [0.1, 0.15) is 6.04 Å². The fourth-order valence-electron chi connectivity index (χ4n) is 4.85. The predicted molar refractivity (Wildman–Crippen MR) is 151 cm³/mol. The number of hydrogen-bond donors (Lipinski definition) is 0. The van der Waals surface area contributed by atoms with Crippen LogP contribution in [0.1, 0.15) is 64.5 Å². The van der Waals surface area contributed by atoms with Crippen molar-refractivity contribution < 1.29 is 0 Å². The van der Waals surface area contributed by atoms with Crippen LogP contribution in [0.25, 0.3) is 10.1 Å². The smallest absolute Gasteiger partial charge is 0.267 e. The third-order valence-corrected chi connectivity index (χ3v) is 9.10. The normalized spacial score (nSPS) is 11.8. The van der Waals surface area contributed by atoms with Gasteiger partial charge in [-0.15, -0.1) is 11.3 Å². The zero-order valence-electron chi connectivity index (χ0n) is 21.1. The molecule has 36 heavy (non-hydrogen) atoms. The molecule has 0 aliphatic rings. The molecule has 0 unspecified atom stereocenters. The van der Waals surface area contributed by atoms with Crippen LogP contribution in [0.4, 0.5) is 0 Å². The van der Waals surface area contributed by atoms with Gasteiger partial charge in [-0.05, 0) is 46.8 Å². The summed E-state index contributed by atoms with van der Waals surface area (Å²) in [7, 11) is 1.73. The molecule has 0 amide bonds. The van der Waals surface area contributed by atoms with Gasteiger partial charge in [-0.2, -0.15) is 10.2 Å². The lowest BCUT2D eigenvalue weighted by atomic mass is 9.98. The lowest BCUT2D eigenvalue weighted by Crippen LogP contribution is -2.21. The van der Waals surface area contributed by atoms with Crippen molar-refractivity contribution in [3.63, 3.8) is 0 Å². The minimum Gasteiger partial charge on any atom is -0.267 e. The number of halogens is 1. The van der Waals surface area contributed by atoms with Crippen LogP contribution in [-0.4, -0.2) is 19.6 Å². The average molecular weight is 562 g/mol. The molecule has 0 N–H and O–H groups in total. The highest BCUT2D eigenvalue weighted by atomic mass is 79.9. The van der Waals surface area contributed by atoms with E-state index in [0.717, 1.165) is 36.5 Å². The van der Waals surface area contributed by atoms with Crippen LogP contribution in [-0.2, 0) is 13.5 Å². The minimum absolute atomic E-state index is 0.0188. The zero-order valence-corrected chi connectivity index (χ0v) is 23.5. The summed E-state index contributed by atoms with van der Waals surface area (Å²) >= 11 is 5.44. The van der Waals surface area contributed by atoms with Gasteiger partial charge in [-0.1, -0.05) is 74.5 Å². The Morgan fingerprint density at radius 3 is 2.08 bits per heavy atom. The van der Waals surface area contributed by atoms with Crippen LogP contribution < -0.4 is 5.56 Å². The van der Waals surface area contributed by atoms with Crippen molar-refractivity contribution in [2.75, 3.05) is 0 Å². The fourth-order valence-corrected chi connectivity index (χ4v) is 7.05. The number of benzene rings is 2. The molecule has 0 radical (unpaired) electrons. The Balaban J connectivity index is 1.63. The molecule has 0 bridgehead atoms. The first-order valence-corrected chi connectivity index (χ1v) is 13.7. The fraction of sp³-hybridized carbons (Fsp3) is 0.276. The highest BCUT2D eigenvalue weighted by molar-refractivity contribution is 9.10. The number of hydrogen-bond acceptors (Lipinski definition) is 4. The van der Waals surface area contributed by atoms with Crippen molar-refractivity contribution in [3.8, 4) is 0 Å². The van der Waals surface area contributed by atoms with E-state index in [1.54, 1.807) is 18.4 Å². The summed E-state index contributed by atoms with van der Waals surface area (Å²) in [5.41, 5.74) is 6.60. The molecule has 3 heterocycles. The Labute approximate surface area is 223 Å². The first-order valence-electron chi connectivity index (χ1n) is 12.1. The molecule has 0 aliphatic carbocycles. The molecule has 0 saturated carbocycles. The summed E-state index contributed by atoms with van der Waals surface area (Å²) in [5, 5.41) is 10.3. The number of aryl methyl sites for hydroxylation is 2. The maximum atomic E-state index is 13.0. The van der Waals surface area contributed by atoms with Crippen molar-refractivity contribution in [2.45, 2.75) is 46.1 Å². The van der Waals surface area contributed by atoms with Crippen molar-refractivity contribution in [1.82, 2.24) is 19.6 Å². The molecule has 184 valence electrons. The Morgan fingerprint density at radius 1 is 0.944 bits per heavy atom. The lowest BCUT2D eigenvalue weighted by Gasteiger charge is -2.21. The highest BCUT2D eigenvalue weighted by Crippen LogP contribution is 2.39. The van der Waals surface area contributed by atoms with E-state index in [1.807, 2.05) is 12.1 Å². The first kappa shape index (κ1) is 24.7. The van der Waals surface area contributed by atoms with Gasteiger partial charge in [0.15, 0.2) is 0 Å². The molecule has 7 heteroatoms. The number of fused-ring (bicyclic) bond motifs is 1. The molecule has 0 saturated heterocycles. The largest absolute Gasteiger partial charge is 0.276 e. The molecule has 0 atom stereocenters. The topological polar surface area (TPSA) is 52.7 Å². The monoisotopic (exact) mass is 560 g/mol. The molecular formula is C29H29BrN4OS. The average Bonchev–Trinajstić information content (AvgIpc) is 3.34. The maximum absolute atomic E-state index is 13.0. The molecule has 3 aromatic heterocycles. The van der Waals surface area contributed by atoms with Gasteiger partial charge >= 0.3 is 0 Å². The van der Waals surface area contributed by atoms with Crippen LogP contribution >= 0.6 is 27.3 Å². The van der Waals surface area contributed by atoms with Crippen molar-refractivity contribution >= 4 is 37.4 Å². The van der Waals surface area contributed by atoms with Gasteiger partial charge in [0.25, 0.3) is 5.56 Å². The van der Waals surface area contributed by atoms with E-state index in [2.05, 4.69) is 102 Å². The van der Waals surface area contributed by atoms with E-state index in [-0.39, 0.29) is 17.5 Å². The van der Waals surface area contributed by atoms with Crippen LogP contribution in [0.5, 0.6) is 0 Å². The Morgan fingerprint density at radius 2 is 1.53 bits per heavy atom. The molecule has 5 nitrogen and oxygen atoms in total. The van der Waals surface area contributed by atoms with Crippen molar-refractivity contribution in [3.05, 3.63) is 114 Å². The standard InChI is InChI=1S/C29H29BrN4OS/c1-17(2)26-28-24(29(35)33(5)32-26)25(30)23(36-28)16-22-18(3)31-34(19(22)4)27(20-12-8-6-9-13-20)21-14-10-7-11-15-21/h6-15,17,27H,16H2,1-5H3. The number of rotatable bonds is 6. The SMILES string of the molecule is Cc1nn(C(c2ccccc2)c2ccccc2)c(C)c1Cc1sc2c(C(C)C)nn(C)c(=O)c2c1Br. The maximum Gasteiger partial charge on any atom is 0.276 e. The van der Waals surface area contributed by atoms with E-state index < -0.39 is 0 Å². The summed E-state index contributed by atoms with van der Waals surface area (Å²) in [5.74, 6) is 0.224. The molecule has 0 fully saturated rings. The minimum atomic E-state index is -0.0684. The zero-order chi connectivity index (χ0) is 25.6. The Hall–Kier alpha value is -3.03. The van der Waals surface area contributed by atoms with Crippen LogP contribution in [0.2, 0.25) is 0 Å². The van der Waals surface area contributed by atoms with Gasteiger partial charge < -0.3 is 0 Å². The molecule has 0 spiro atoms. The van der Waals surface area contributed by atoms with Gasteiger partial charge in [0, 0.05) is 34.1 Å². The van der Waals surface area contributed by atoms with E-state index in [9.17, 15) is 4.79 Å². The van der Waals surface area contributed by atoms with E-state index >= 15 is 0 Å². The quantitative estimate of drug-likeness (QED) is 0.226. The summed E-state index contributed by atoms with van der Waals surface area (Å²) in [4.78, 5) is 14.1. The van der Waals surface area contributed by atoms with Gasteiger partial charge in [-0.3, -0.25) is 9.48 Å². The second-order valence-electron chi connectivity index (χ2n) is 9.51. The molecule has 2 aromatic carbocycles.